The third-order valence-electron chi connectivity index (χ3n) is 2.97. The van der Waals surface area contributed by atoms with E-state index in [9.17, 15) is 0 Å². The Hall–Kier alpha value is -0.670. The van der Waals surface area contributed by atoms with Crippen molar-refractivity contribution in [3.05, 3.63) is 29.3 Å². The zero-order valence-electron chi connectivity index (χ0n) is 11.7. The summed E-state index contributed by atoms with van der Waals surface area (Å²) in [7, 11) is 0. The summed E-state index contributed by atoms with van der Waals surface area (Å²) in [5.74, 6) is 2.15. The molecule has 1 aromatic carbocycles. The van der Waals surface area contributed by atoms with E-state index < -0.39 is 0 Å². The fraction of sp³-hybridized carbons (Fsp3) is 0.600. The van der Waals surface area contributed by atoms with E-state index in [0.717, 1.165) is 37.4 Å². The highest BCUT2D eigenvalue weighted by molar-refractivity contribution is 7.98. The van der Waals surface area contributed by atoms with Crippen LogP contribution in [-0.4, -0.2) is 24.7 Å². The summed E-state index contributed by atoms with van der Waals surface area (Å²) < 4.78 is 5.87. The molecule has 0 aromatic heterocycles. The first-order chi connectivity index (χ1) is 8.67. The van der Waals surface area contributed by atoms with Crippen LogP contribution in [0.4, 0.5) is 0 Å². The zero-order valence-corrected chi connectivity index (χ0v) is 12.6. The topological polar surface area (TPSA) is 35.2 Å². The molecule has 0 radical (unpaired) electrons. The average Bonchev–Trinajstić information content (AvgIpc) is 2.36. The van der Waals surface area contributed by atoms with Crippen molar-refractivity contribution < 1.29 is 4.74 Å². The molecular weight excluding hydrogens is 242 g/mol. The van der Waals surface area contributed by atoms with E-state index >= 15 is 0 Å². The Morgan fingerprint density at radius 1 is 1.39 bits per heavy atom. The van der Waals surface area contributed by atoms with Crippen LogP contribution in [-0.2, 0) is 6.42 Å². The van der Waals surface area contributed by atoms with Gasteiger partial charge in [0.2, 0.25) is 0 Å². The molecule has 102 valence electrons. The van der Waals surface area contributed by atoms with Gasteiger partial charge < -0.3 is 10.5 Å². The van der Waals surface area contributed by atoms with E-state index in [2.05, 4.69) is 38.3 Å². The van der Waals surface area contributed by atoms with Gasteiger partial charge in [0.1, 0.15) is 5.75 Å². The van der Waals surface area contributed by atoms with Crippen LogP contribution in [0.1, 0.15) is 30.9 Å². The molecule has 0 spiro atoms. The molecule has 1 unspecified atom stereocenters. The Morgan fingerprint density at radius 3 is 2.83 bits per heavy atom. The Kier molecular flexibility index (Phi) is 7.21. The number of ether oxygens (including phenoxy) is 1. The maximum atomic E-state index is 6.04. The maximum Gasteiger partial charge on any atom is 0.122 e. The van der Waals surface area contributed by atoms with Crippen LogP contribution in [0, 0.1) is 6.92 Å². The molecule has 1 aromatic rings. The molecule has 0 aliphatic carbocycles. The molecule has 0 heterocycles. The van der Waals surface area contributed by atoms with Gasteiger partial charge in [-0.1, -0.05) is 24.6 Å². The Labute approximate surface area is 115 Å². The number of thioether (sulfide) groups is 1. The largest absolute Gasteiger partial charge is 0.493 e. The van der Waals surface area contributed by atoms with Crippen molar-refractivity contribution in [3.8, 4) is 5.75 Å². The van der Waals surface area contributed by atoms with Crippen LogP contribution in [0.25, 0.3) is 0 Å². The Morgan fingerprint density at radius 2 is 2.17 bits per heavy atom. The van der Waals surface area contributed by atoms with Crippen molar-refractivity contribution in [2.24, 2.45) is 5.73 Å². The van der Waals surface area contributed by atoms with Crippen LogP contribution in [0.15, 0.2) is 18.2 Å². The third kappa shape index (κ3) is 5.32. The summed E-state index contributed by atoms with van der Waals surface area (Å²) in [4.78, 5) is 0. The van der Waals surface area contributed by atoms with Gasteiger partial charge in [-0.2, -0.15) is 11.8 Å². The minimum absolute atomic E-state index is 0.223. The van der Waals surface area contributed by atoms with E-state index in [4.69, 9.17) is 10.5 Å². The summed E-state index contributed by atoms with van der Waals surface area (Å²) in [5, 5.41) is 0. The van der Waals surface area contributed by atoms with Crippen LogP contribution in [0.2, 0.25) is 0 Å². The van der Waals surface area contributed by atoms with Gasteiger partial charge >= 0.3 is 0 Å². The second kappa shape index (κ2) is 8.44. The molecule has 0 saturated carbocycles. The van der Waals surface area contributed by atoms with E-state index in [1.165, 1.54) is 11.1 Å². The lowest BCUT2D eigenvalue weighted by molar-refractivity contribution is 0.314. The number of aryl methyl sites for hydroxylation is 1. The van der Waals surface area contributed by atoms with Gasteiger partial charge in [0, 0.05) is 6.04 Å². The lowest BCUT2D eigenvalue weighted by Crippen LogP contribution is -2.21. The quantitative estimate of drug-likeness (QED) is 0.733. The molecule has 0 saturated heterocycles. The summed E-state index contributed by atoms with van der Waals surface area (Å²) in [5.41, 5.74) is 8.55. The van der Waals surface area contributed by atoms with Gasteiger partial charge in [-0.25, -0.2) is 0 Å². The van der Waals surface area contributed by atoms with E-state index in [0.29, 0.717) is 0 Å². The fourth-order valence-corrected chi connectivity index (χ4v) is 2.23. The highest BCUT2D eigenvalue weighted by Crippen LogP contribution is 2.22. The monoisotopic (exact) mass is 267 g/mol. The predicted molar refractivity (Wildman–Crippen MR) is 81.6 cm³/mol. The van der Waals surface area contributed by atoms with Crippen LogP contribution >= 0.6 is 11.8 Å². The van der Waals surface area contributed by atoms with Crippen LogP contribution in [0.3, 0.4) is 0 Å². The Balaban J connectivity index is 2.64. The molecule has 0 fully saturated rings. The lowest BCUT2D eigenvalue weighted by atomic mass is 10.0. The van der Waals surface area contributed by atoms with Crippen molar-refractivity contribution in [1.82, 2.24) is 0 Å². The third-order valence-corrected chi connectivity index (χ3v) is 3.67. The van der Waals surface area contributed by atoms with Gasteiger partial charge in [0.15, 0.2) is 0 Å². The lowest BCUT2D eigenvalue weighted by Gasteiger charge is -2.15. The van der Waals surface area contributed by atoms with Gasteiger partial charge in [0.25, 0.3) is 0 Å². The predicted octanol–water partition coefficient (Wildman–Crippen LogP) is 3.41. The highest BCUT2D eigenvalue weighted by atomic mass is 32.2. The number of rotatable bonds is 8. The van der Waals surface area contributed by atoms with Gasteiger partial charge in [-0.15, -0.1) is 0 Å². The molecule has 2 nitrogen and oxygen atoms in total. The second-order valence-electron chi connectivity index (χ2n) is 4.68. The maximum absolute atomic E-state index is 6.04. The molecule has 2 N–H and O–H groups in total. The van der Waals surface area contributed by atoms with Crippen molar-refractivity contribution in [3.63, 3.8) is 0 Å². The molecule has 0 aliphatic heterocycles. The standard InChI is InChI=1S/C15H25NOS/c1-4-14(16)11-13-10-12(2)6-7-15(13)17-8-5-9-18-3/h6-7,10,14H,4-5,8-9,11,16H2,1-3H3. The minimum atomic E-state index is 0.223. The number of nitrogens with two attached hydrogens (primary N) is 1. The van der Waals surface area contributed by atoms with Gasteiger partial charge in [-0.3, -0.25) is 0 Å². The smallest absolute Gasteiger partial charge is 0.122 e. The number of hydrogen-bond acceptors (Lipinski definition) is 3. The number of benzene rings is 1. The highest BCUT2D eigenvalue weighted by Gasteiger charge is 2.08. The molecule has 18 heavy (non-hydrogen) atoms. The average molecular weight is 267 g/mol. The summed E-state index contributed by atoms with van der Waals surface area (Å²) >= 11 is 1.86. The normalized spacial score (nSPS) is 12.4. The second-order valence-corrected chi connectivity index (χ2v) is 5.66. The van der Waals surface area contributed by atoms with Gasteiger partial charge in [0.05, 0.1) is 6.61 Å². The number of hydrogen-bond donors (Lipinski definition) is 1. The Bertz CT molecular complexity index is 354. The van der Waals surface area contributed by atoms with Crippen molar-refractivity contribution in [2.45, 2.75) is 39.2 Å². The summed E-state index contributed by atoms with van der Waals surface area (Å²) in [6.07, 6.45) is 5.11. The molecule has 1 atom stereocenters. The van der Waals surface area contributed by atoms with E-state index in [1.54, 1.807) is 0 Å². The van der Waals surface area contributed by atoms with Crippen molar-refractivity contribution in [1.29, 1.82) is 0 Å². The molecule has 0 bridgehead atoms. The molecular formula is C15H25NOS. The SMILES string of the molecule is CCC(N)Cc1cc(C)ccc1OCCCSC. The summed E-state index contributed by atoms with van der Waals surface area (Å²) in [6.45, 7) is 5.02. The van der Waals surface area contributed by atoms with Gasteiger partial charge in [-0.05, 0) is 49.8 Å². The first-order valence-electron chi connectivity index (χ1n) is 6.64. The molecule has 1 rings (SSSR count). The van der Waals surface area contributed by atoms with E-state index in [1.807, 2.05) is 11.8 Å². The van der Waals surface area contributed by atoms with Crippen molar-refractivity contribution in [2.75, 3.05) is 18.6 Å². The fourth-order valence-electron chi connectivity index (χ4n) is 1.82. The van der Waals surface area contributed by atoms with E-state index in [-0.39, 0.29) is 6.04 Å². The molecule has 3 heteroatoms. The van der Waals surface area contributed by atoms with Crippen molar-refractivity contribution >= 4 is 11.8 Å². The molecule has 0 aliphatic rings. The first-order valence-corrected chi connectivity index (χ1v) is 8.03. The van der Waals surface area contributed by atoms with Crippen LogP contribution in [0.5, 0.6) is 5.75 Å². The van der Waals surface area contributed by atoms with Crippen LogP contribution < -0.4 is 10.5 Å². The molecule has 0 amide bonds. The minimum Gasteiger partial charge on any atom is -0.493 e. The zero-order chi connectivity index (χ0) is 13.4. The summed E-state index contributed by atoms with van der Waals surface area (Å²) in [6, 6.07) is 6.59. The first kappa shape index (κ1) is 15.4.